The predicted octanol–water partition coefficient (Wildman–Crippen LogP) is 4.98. The van der Waals surface area contributed by atoms with Crippen molar-refractivity contribution in [2.45, 2.75) is 12.7 Å². The Morgan fingerprint density at radius 1 is 0.923 bits per heavy atom. The molecule has 0 amide bonds. The maximum absolute atomic E-state index is 14.9. The lowest BCUT2D eigenvalue weighted by Gasteiger charge is -2.28. The number of nitrogens with one attached hydrogen (secondary N) is 1. The highest BCUT2D eigenvalue weighted by molar-refractivity contribution is 9.10. The van der Waals surface area contributed by atoms with E-state index in [1.54, 1.807) is 0 Å². The third-order valence-corrected chi connectivity index (χ3v) is 5.82. The lowest BCUT2D eigenvalue weighted by Crippen LogP contribution is -2.46. The first-order valence-corrected chi connectivity index (χ1v) is 10.1. The van der Waals surface area contributed by atoms with Gasteiger partial charge < -0.3 is 9.88 Å². The molecule has 4 rings (SSSR count). The molecule has 0 spiro atoms. The normalized spacial score (nSPS) is 16.7. The van der Waals surface area contributed by atoms with Crippen LogP contribution in [-0.4, -0.2) is 48.4 Å². The van der Waals surface area contributed by atoms with Crippen molar-refractivity contribution < 1.29 is 4.39 Å². The quantitative estimate of drug-likeness (QED) is 0.540. The number of benzene rings is 2. The second-order valence-corrected chi connectivity index (χ2v) is 8.41. The molecule has 2 aromatic carbocycles. The maximum atomic E-state index is 14.9. The highest BCUT2D eigenvalue weighted by Gasteiger charge is 2.19. The lowest BCUT2D eigenvalue weighted by molar-refractivity contribution is 0.164. The van der Waals surface area contributed by atoms with E-state index in [0.717, 1.165) is 56.9 Å². The molecule has 1 N–H and O–H groups in total. The molecule has 1 saturated heterocycles. The van der Waals surface area contributed by atoms with Crippen LogP contribution in [0.2, 0.25) is 0 Å². The highest BCUT2D eigenvalue weighted by atomic mass is 79.9. The average Bonchev–Trinajstić information content (AvgIpc) is 2.88. The van der Waals surface area contributed by atoms with Gasteiger partial charge >= 0.3 is 0 Å². The summed E-state index contributed by atoms with van der Waals surface area (Å²) < 4.78 is 19.1. The van der Waals surface area contributed by atoms with Gasteiger partial charge in [0.25, 0.3) is 0 Å². The van der Waals surface area contributed by atoms with E-state index >= 15 is 0 Å². The summed E-state index contributed by atoms with van der Waals surface area (Å²) in [4.78, 5) is 2.21. The molecular formula is C19H21Br2ClFN3. The summed E-state index contributed by atoms with van der Waals surface area (Å²) in [7, 11) is 0. The molecule has 7 heteroatoms. The minimum absolute atomic E-state index is 0. The van der Waals surface area contributed by atoms with Gasteiger partial charge in [-0.1, -0.05) is 31.9 Å². The number of halogens is 4. The van der Waals surface area contributed by atoms with E-state index in [4.69, 9.17) is 0 Å². The van der Waals surface area contributed by atoms with E-state index in [2.05, 4.69) is 70.9 Å². The third kappa shape index (κ3) is 4.09. The van der Waals surface area contributed by atoms with Gasteiger partial charge in [0.1, 0.15) is 6.17 Å². The van der Waals surface area contributed by atoms with Gasteiger partial charge in [0.05, 0.1) is 6.54 Å². The van der Waals surface area contributed by atoms with Crippen LogP contribution in [0.15, 0.2) is 45.3 Å². The van der Waals surface area contributed by atoms with Gasteiger partial charge in [0.15, 0.2) is 0 Å². The van der Waals surface area contributed by atoms with E-state index < -0.39 is 6.17 Å². The summed E-state index contributed by atoms with van der Waals surface area (Å²) >= 11 is 7.11. The van der Waals surface area contributed by atoms with Crippen LogP contribution in [0.4, 0.5) is 4.39 Å². The molecule has 1 aliphatic rings. The minimum atomic E-state index is -0.885. The Morgan fingerprint density at radius 2 is 1.46 bits per heavy atom. The Labute approximate surface area is 175 Å². The van der Waals surface area contributed by atoms with E-state index in [-0.39, 0.29) is 12.4 Å². The molecule has 3 nitrogen and oxygen atoms in total. The summed E-state index contributed by atoms with van der Waals surface area (Å²) in [5, 5.41) is 5.62. The maximum Gasteiger partial charge on any atom is 0.131 e. The second kappa shape index (κ2) is 8.57. The Hall–Kier alpha value is -0.660. The van der Waals surface area contributed by atoms with Gasteiger partial charge in [0.2, 0.25) is 0 Å². The number of rotatable bonds is 4. The number of aromatic nitrogens is 1. The topological polar surface area (TPSA) is 20.2 Å². The molecule has 0 aliphatic carbocycles. The van der Waals surface area contributed by atoms with E-state index in [1.165, 1.54) is 0 Å². The minimum Gasteiger partial charge on any atom is -0.337 e. The van der Waals surface area contributed by atoms with Crippen LogP contribution in [-0.2, 0) is 6.54 Å². The first-order valence-electron chi connectivity index (χ1n) is 8.56. The molecule has 1 aromatic heterocycles. The van der Waals surface area contributed by atoms with Crippen molar-refractivity contribution >= 4 is 66.1 Å². The number of nitrogens with zero attached hydrogens (tertiary/aromatic N) is 2. The molecule has 1 atom stereocenters. The van der Waals surface area contributed by atoms with Crippen molar-refractivity contribution in [2.75, 3.05) is 32.7 Å². The fraction of sp³-hybridized carbons (Fsp3) is 0.368. The predicted molar refractivity (Wildman–Crippen MR) is 116 cm³/mol. The first kappa shape index (κ1) is 20.1. The Bertz CT molecular complexity index is 849. The molecule has 1 fully saturated rings. The first-order chi connectivity index (χ1) is 12.1. The van der Waals surface area contributed by atoms with Crippen LogP contribution >= 0.6 is 44.3 Å². The third-order valence-electron chi connectivity index (χ3n) is 4.84. The number of fused-ring (bicyclic) bond motifs is 3. The SMILES string of the molecule is Cl.FC(CN1CCNCC1)Cn1c2ccc(Br)cc2c2cc(Br)ccc21. The zero-order valence-electron chi connectivity index (χ0n) is 14.2. The smallest absolute Gasteiger partial charge is 0.131 e. The Morgan fingerprint density at radius 3 is 2.00 bits per heavy atom. The van der Waals surface area contributed by atoms with Gasteiger partial charge in [-0.15, -0.1) is 12.4 Å². The Kier molecular flexibility index (Phi) is 6.62. The fourth-order valence-corrected chi connectivity index (χ4v) is 4.40. The van der Waals surface area contributed by atoms with Gasteiger partial charge in [-0.05, 0) is 36.4 Å². The van der Waals surface area contributed by atoms with Gasteiger partial charge in [0, 0.05) is 63.5 Å². The van der Waals surface area contributed by atoms with Crippen LogP contribution in [0.3, 0.4) is 0 Å². The van der Waals surface area contributed by atoms with Crippen LogP contribution in [0.1, 0.15) is 0 Å². The molecule has 26 heavy (non-hydrogen) atoms. The zero-order chi connectivity index (χ0) is 17.4. The standard InChI is InChI=1S/C19H20Br2FN3.ClH/c20-13-1-3-18-16(9-13)17-10-14(21)2-4-19(17)25(18)12-15(22)11-24-7-5-23-6-8-24;/h1-4,9-10,15,23H,5-8,11-12H2;1H. The molecule has 1 unspecified atom stereocenters. The monoisotopic (exact) mass is 503 g/mol. The molecule has 0 radical (unpaired) electrons. The molecule has 3 aromatic rings. The number of alkyl halides is 1. The lowest BCUT2D eigenvalue weighted by atomic mass is 10.2. The molecule has 0 saturated carbocycles. The van der Waals surface area contributed by atoms with Crippen molar-refractivity contribution in [1.29, 1.82) is 0 Å². The summed E-state index contributed by atoms with van der Waals surface area (Å²) in [6.07, 6.45) is -0.885. The van der Waals surface area contributed by atoms with E-state index in [1.807, 2.05) is 12.1 Å². The van der Waals surface area contributed by atoms with Crippen molar-refractivity contribution in [1.82, 2.24) is 14.8 Å². The zero-order valence-corrected chi connectivity index (χ0v) is 18.2. The molecule has 1 aliphatic heterocycles. The second-order valence-electron chi connectivity index (χ2n) is 6.58. The van der Waals surface area contributed by atoms with Crippen LogP contribution in [0.25, 0.3) is 21.8 Å². The van der Waals surface area contributed by atoms with Crippen LogP contribution in [0, 0.1) is 0 Å². The van der Waals surface area contributed by atoms with Crippen LogP contribution < -0.4 is 5.32 Å². The van der Waals surface area contributed by atoms with Crippen molar-refractivity contribution in [3.8, 4) is 0 Å². The number of piperazine rings is 1. The van der Waals surface area contributed by atoms with Gasteiger partial charge in [-0.3, -0.25) is 4.90 Å². The summed E-state index contributed by atoms with van der Waals surface area (Å²) in [5.74, 6) is 0. The number of hydrogen-bond donors (Lipinski definition) is 1. The fourth-order valence-electron chi connectivity index (χ4n) is 3.67. The summed E-state index contributed by atoms with van der Waals surface area (Å²) in [6.45, 7) is 4.62. The van der Waals surface area contributed by atoms with Crippen molar-refractivity contribution in [3.63, 3.8) is 0 Å². The van der Waals surface area contributed by atoms with E-state index in [0.29, 0.717) is 13.1 Å². The summed E-state index contributed by atoms with van der Waals surface area (Å²) in [6, 6.07) is 12.4. The highest BCUT2D eigenvalue weighted by Crippen LogP contribution is 2.33. The number of hydrogen-bond acceptors (Lipinski definition) is 2. The van der Waals surface area contributed by atoms with Gasteiger partial charge in [-0.2, -0.15) is 0 Å². The molecule has 0 bridgehead atoms. The average molecular weight is 506 g/mol. The van der Waals surface area contributed by atoms with Crippen LogP contribution in [0.5, 0.6) is 0 Å². The summed E-state index contributed by atoms with van der Waals surface area (Å²) in [5.41, 5.74) is 2.17. The van der Waals surface area contributed by atoms with E-state index in [9.17, 15) is 4.39 Å². The van der Waals surface area contributed by atoms with Gasteiger partial charge in [-0.25, -0.2) is 4.39 Å². The van der Waals surface area contributed by atoms with Crippen molar-refractivity contribution in [3.05, 3.63) is 45.3 Å². The van der Waals surface area contributed by atoms with Crippen molar-refractivity contribution in [2.24, 2.45) is 0 Å². The molecule has 2 heterocycles. The molecule has 140 valence electrons. The largest absolute Gasteiger partial charge is 0.337 e. The molecular weight excluding hydrogens is 484 g/mol. The Balaban J connectivity index is 0.00000196.